The number of halogens is 2. The van der Waals surface area contributed by atoms with Crippen LogP contribution in [0.3, 0.4) is 0 Å². The van der Waals surface area contributed by atoms with E-state index in [4.69, 9.17) is 28.3 Å². The van der Waals surface area contributed by atoms with Crippen LogP contribution in [0.4, 0.5) is 0 Å². The van der Waals surface area contributed by atoms with Crippen molar-refractivity contribution in [1.82, 2.24) is 4.98 Å². The van der Waals surface area contributed by atoms with Gasteiger partial charge in [0.2, 0.25) is 0 Å². The molecule has 0 radical (unpaired) electrons. The molecule has 2 rings (SSSR count). The first-order valence-electron chi connectivity index (χ1n) is 4.72. The number of carboxylic acid groups (broad SMARTS) is 1. The van der Waals surface area contributed by atoms with Crippen LogP contribution in [0.1, 0.15) is 10.5 Å². The van der Waals surface area contributed by atoms with Crippen LogP contribution in [-0.2, 0) is 0 Å². The first-order valence-corrected chi connectivity index (χ1v) is 5.47. The van der Waals surface area contributed by atoms with Gasteiger partial charge < -0.3 is 5.11 Å². The van der Waals surface area contributed by atoms with E-state index in [2.05, 4.69) is 4.98 Å². The second kappa shape index (κ2) is 4.73. The summed E-state index contributed by atoms with van der Waals surface area (Å²) in [5.74, 6) is -1.05. The topological polar surface area (TPSA) is 50.2 Å². The summed E-state index contributed by atoms with van der Waals surface area (Å²) in [6.45, 7) is 0. The van der Waals surface area contributed by atoms with Gasteiger partial charge in [-0.2, -0.15) is 0 Å². The zero-order chi connectivity index (χ0) is 12.4. The van der Waals surface area contributed by atoms with E-state index in [-0.39, 0.29) is 5.69 Å². The van der Waals surface area contributed by atoms with Crippen molar-refractivity contribution in [3.05, 3.63) is 52.3 Å². The number of aromatic carboxylic acids is 1. The molecule has 0 bridgehead atoms. The zero-order valence-electron chi connectivity index (χ0n) is 8.52. The van der Waals surface area contributed by atoms with Crippen molar-refractivity contribution in [2.75, 3.05) is 0 Å². The molecule has 0 unspecified atom stereocenters. The van der Waals surface area contributed by atoms with Gasteiger partial charge in [-0.25, -0.2) is 9.78 Å². The Bertz CT molecular complexity index is 547. The molecule has 0 aliphatic rings. The first kappa shape index (κ1) is 11.9. The zero-order valence-corrected chi connectivity index (χ0v) is 10.0. The predicted molar refractivity (Wildman–Crippen MR) is 66.7 cm³/mol. The van der Waals surface area contributed by atoms with Crippen molar-refractivity contribution in [2.24, 2.45) is 0 Å². The van der Waals surface area contributed by atoms with Gasteiger partial charge >= 0.3 is 5.97 Å². The van der Waals surface area contributed by atoms with Crippen LogP contribution in [0.25, 0.3) is 11.1 Å². The van der Waals surface area contributed by atoms with Crippen LogP contribution < -0.4 is 0 Å². The number of rotatable bonds is 2. The van der Waals surface area contributed by atoms with Crippen molar-refractivity contribution < 1.29 is 9.90 Å². The molecular formula is C12H7Cl2NO2. The second-order valence-corrected chi connectivity index (χ2v) is 4.27. The van der Waals surface area contributed by atoms with E-state index in [1.54, 1.807) is 24.3 Å². The van der Waals surface area contributed by atoms with E-state index in [1.165, 1.54) is 12.3 Å². The molecule has 0 saturated heterocycles. The molecule has 0 spiro atoms. The number of nitrogens with zero attached hydrogens (tertiary/aromatic N) is 1. The summed E-state index contributed by atoms with van der Waals surface area (Å²) in [7, 11) is 0. The fourth-order valence-corrected chi connectivity index (χ4v) is 1.94. The Morgan fingerprint density at radius 1 is 1.06 bits per heavy atom. The summed E-state index contributed by atoms with van der Waals surface area (Å²) in [6, 6.07) is 8.21. The molecule has 1 heterocycles. The molecule has 0 fully saturated rings. The van der Waals surface area contributed by atoms with Crippen molar-refractivity contribution >= 4 is 29.2 Å². The van der Waals surface area contributed by atoms with Crippen LogP contribution in [-0.4, -0.2) is 16.1 Å². The summed E-state index contributed by atoms with van der Waals surface area (Å²) in [6.07, 6.45) is 1.48. The van der Waals surface area contributed by atoms with Crippen LogP contribution >= 0.6 is 23.2 Å². The number of carboxylic acids is 1. The fourth-order valence-electron chi connectivity index (χ4n) is 1.41. The third kappa shape index (κ3) is 2.75. The molecule has 86 valence electrons. The SMILES string of the molecule is O=C(O)c1ccc(-c2cc(Cl)cc(Cl)c2)cn1. The number of hydrogen-bond acceptors (Lipinski definition) is 2. The number of hydrogen-bond donors (Lipinski definition) is 1. The monoisotopic (exact) mass is 267 g/mol. The van der Waals surface area contributed by atoms with Crippen molar-refractivity contribution in [1.29, 1.82) is 0 Å². The maximum Gasteiger partial charge on any atom is 0.354 e. The summed E-state index contributed by atoms with van der Waals surface area (Å²) < 4.78 is 0. The summed E-state index contributed by atoms with van der Waals surface area (Å²) in [5.41, 5.74) is 1.56. The lowest BCUT2D eigenvalue weighted by Crippen LogP contribution is -1.99. The molecule has 1 N–H and O–H groups in total. The normalized spacial score (nSPS) is 10.2. The quantitative estimate of drug-likeness (QED) is 0.902. The van der Waals surface area contributed by atoms with Gasteiger partial charge in [-0.15, -0.1) is 0 Å². The highest BCUT2D eigenvalue weighted by Gasteiger charge is 2.06. The lowest BCUT2D eigenvalue weighted by atomic mass is 10.1. The third-order valence-corrected chi connectivity index (χ3v) is 2.61. The summed E-state index contributed by atoms with van der Waals surface area (Å²) in [5, 5.41) is 9.78. The molecule has 3 nitrogen and oxygen atoms in total. The molecule has 1 aromatic carbocycles. The summed E-state index contributed by atoms with van der Waals surface area (Å²) in [4.78, 5) is 14.5. The number of pyridine rings is 1. The van der Waals surface area contributed by atoms with Crippen LogP contribution in [0.5, 0.6) is 0 Å². The van der Waals surface area contributed by atoms with Crippen molar-refractivity contribution in [3.63, 3.8) is 0 Å². The molecule has 0 saturated carbocycles. The minimum absolute atomic E-state index is 0.00174. The van der Waals surface area contributed by atoms with E-state index in [0.29, 0.717) is 10.0 Å². The van der Waals surface area contributed by atoms with Gasteiger partial charge in [0.15, 0.2) is 0 Å². The standard InChI is InChI=1S/C12H7Cl2NO2/c13-9-3-8(4-10(14)5-9)7-1-2-11(12(16)17)15-6-7/h1-6H,(H,16,17). The highest BCUT2D eigenvalue weighted by atomic mass is 35.5. The minimum Gasteiger partial charge on any atom is -0.477 e. The summed E-state index contributed by atoms with van der Waals surface area (Å²) >= 11 is 11.8. The Morgan fingerprint density at radius 3 is 2.18 bits per heavy atom. The van der Waals surface area contributed by atoms with E-state index in [1.807, 2.05) is 0 Å². The van der Waals surface area contributed by atoms with Crippen LogP contribution in [0, 0.1) is 0 Å². The van der Waals surface area contributed by atoms with Crippen molar-refractivity contribution in [3.8, 4) is 11.1 Å². The molecule has 0 aliphatic heterocycles. The Kier molecular flexibility index (Phi) is 3.31. The Labute approximate surface area is 108 Å². The maximum atomic E-state index is 10.7. The van der Waals surface area contributed by atoms with Gasteiger partial charge in [0.1, 0.15) is 5.69 Å². The first-order chi connectivity index (χ1) is 8.06. The molecular weight excluding hydrogens is 261 g/mol. The van der Waals surface area contributed by atoms with E-state index >= 15 is 0 Å². The Hall–Kier alpha value is -1.58. The fraction of sp³-hybridized carbons (Fsp3) is 0. The predicted octanol–water partition coefficient (Wildman–Crippen LogP) is 3.75. The number of benzene rings is 1. The molecule has 0 atom stereocenters. The maximum absolute atomic E-state index is 10.7. The number of carbonyl (C=O) groups is 1. The van der Waals surface area contributed by atoms with Gasteiger partial charge in [0, 0.05) is 21.8 Å². The third-order valence-electron chi connectivity index (χ3n) is 2.18. The highest BCUT2D eigenvalue weighted by Crippen LogP contribution is 2.26. The van der Waals surface area contributed by atoms with Crippen LogP contribution in [0.2, 0.25) is 10.0 Å². The lowest BCUT2D eigenvalue weighted by Gasteiger charge is -2.03. The minimum atomic E-state index is -1.05. The van der Waals surface area contributed by atoms with E-state index in [9.17, 15) is 4.79 Å². The highest BCUT2D eigenvalue weighted by molar-refractivity contribution is 6.35. The van der Waals surface area contributed by atoms with E-state index in [0.717, 1.165) is 11.1 Å². The number of aromatic nitrogens is 1. The smallest absolute Gasteiger partial charge is 0.354 e. The second-order valence-electron chi connectivity index (χ2n) is 3.40. The van der Waals surface area contributed by atoms with Crippen molar-refractivity contribution in [2.45, 2.75) is 0 Å². The van der Waals surface area contributed by atoms with Gasteiger partial charge in [-0.1, -0.05) is 29.3 Å². The molecule has 17 heavy (non-hydrogen) atoms. The van der Waals surface area contributed by atoms with Crippen LogP contribution in [0.15, 0.2) is 36.5 Å². The molecule has 1 aromatic heterocycles. The Morgan fingerprint density at radius 2 is 1.71 bits per heavy atom. The largest absolute Gasteiger partial charge is 0.477 e. The van der Waals surface area contributed by atoms with Gasteiger partial charge in [-0.05, 0) is 29.8 Å². The van der Waals surface area contributed by atoms with Gasteiger partial charge in [-0.3, -0.25) is 0 Å². The molecule has 0 aliphatic carbocycles. The average molecular weight is 268 g/mol. The van der Waals surface area contributed by atoms with Gasteiger partial charge in [0.05, 0.1) is 0 Å². The molecule has 2 aromatic rings. The average Bonchev–Trinajstić information content (AvgIpc) is 2.28. The molecule has 5 heteroatoms. The van der Waals surface area contributed by atoms with E-state index < -0.39 is 5.97 Å². The lowest BCUT2D eigenvalue weighted by molar-refractivity contribution is 0.0690. The van der Waals surface area contributed by atoms with Gasteiger partial charge in [0.25, 0.3) is 0 Å². The molecule has 0 amide bonds. The Balaban J connectivity index is 2.43.